The van der Waals surface area contributed by atoms with Gasteiger partial charge in [-0.25, -0.2) is 0 Å². The minimum absolute atomic E-state index is 0.724. The minimum atomic E-state index is -1.54. The van der Waals surface area contributed by atoms with Crippen LogP contribution in [0.25, 0.3) is 0 Å². The number of halogens is 4. The standard InChI is InChI=1S/C6H14Br4Si2/c1-5(2)11(7,6(3)4)12(8,9)10/h5-6H,1-4H3. The predicted octanol–water partition coefficient (Wildman–Crippen LogP) is 5.35. The summed E-state index contributed by atoms with van der Waals surface area (Å²) in [6.07, 6.45) is -1.40. The Hall–Kier alpha value is 2.35. The van der Waals surface area contributed by atoms with Crippen LogP contribution < -0.4 is 0 Å². The second-order valence-corrected chi connectivity index (χ2v) is 46.2. The van der Waals surface area contributed by atoms with Crippen molar-refractivity contribution in [2.75, 3.05) is 0 Å². The monoisotopic (exact) mass is 458 g/mol. The van der Waals surface area contributed by atoms with Crippen molar-refractivity contribution < 1.29 is 0 Å². The fourth-order valence-corrected chi connectivity index (χ4v) is 32.6. The van der Waals surface area contributed by atoms with Gasteiger partial charge < -0.3 is 0 Å². The van der Waals surface area contributed by atoms with Gasteiger partial charge in [-0.2, -0.15) is 0 Å². The molecule has 0 heterocycles. The number of hydrogen-bond acceptors (Lipinski definition) is 0. The molecule has 0 N–H and O–H groups in total. The Morgan fingerprint density at radius 2 is 1.00 bits per heavy atom. The van der Waals surface area contributed by atoms with E-state index >= 15 is 0 Å². The van der Waals surface area contributed by atoms with Crippen LogP contribution in [0, 0.1) is 0 Å². The second kappa shape index (κ2) is 4.92. The van der Waals surface area contributed by atoms with Crippen LogP contribution in [0.3, 0.4) is 0 Å². The zero-order chi connectivity index (χ0) is 10.2. The van der Waals surface area contributed by atoms with Crippen LogP contribution in [-0.4, -0.2) is 9.66 Å². The van der Waals surface area contributed by atoms with Crippen molar-refractivity contribution in [3.05, 3.63) is 0 Å². The van der Waals surface area contributed by atoms with Crippen molar-refractivity contribution in [2.24, 2.45) is 0 Å². The molecule has 0 bridgehead atoms. The number of rotatable bonds is 3. The molecular weight excluding hydrogens is 448 g/mol. The minimum Gasteiger partial charge on any atom is -0.126 e. The molecule has 12 heavy (non-hydrogen) atoms. The summed E-state index contributed by atoms with van der Waals surface area (Å²) < 4.78 is -1.54. The van der Waals surface area contributed by atoms with Crippen molar-refractivity contribution in [2.45, 2.75) is 38.8 Å². The van der Waals surface area contributed by atoms with Gasteiger partial charge in [-0.05, 0) is 11.1 Å². The van der Waals surface area contributed by atoms with E-state index in [0.717, 1.165) is 11.1 Å². The molecule has 0 aliphatic carbocycles. The highest BCUT2D eigenvalue weighted by molar-refractivity contribution is 9.76. The lowest BCUT2D eigenvalue weighted by Crippen LogP contribution is -2.51. The highest BCUT2D eigenvalue weighted by Gasteiger charge is 2.54. The first-order valence-corrected chi connectivity index (χ1v) is 18.1. The molecule has 0 aromatic carbocycles. The third kappa shape index (κ3) is 2.92. The normalized spacial score (nSPS) is 14.5. The van der Waals surface area contributed by atoms with Crippen molar-refractivity contribution in [1.82, 2.24) is 0 Å². The zero-order valence-electron chi connectivity index (χ0n) is 7.67. The van der Waals surface area contributed by atoms with Gasteiger partial charge in [0.25, 0.3) is 3.45 Å². The second-order valence-electron chi connectivity index (χ2n) is 3.58. The fraction of sp³-hybridized carbons (Fsp3) is 1.00. The maximum absolute atomic E-state index is 3.99. The third-order valence-corrected chi connectivity index (χ3v) is 55.3. The summed E-state index contributed by atoms with van der Waals surface area (Å²) in [7, 11) is 0. The van der Waals surface area contributed by atoms with Crippen molar-refractivity contribution in [3.8, 4) is 0 Å². The summed E-state index contributed by atoms with van der Waals surface area (Å²) in [5.74, 6) is 0. The van der Waals surface area contributed by atoms with Gasteiger partial charge in [-0.15, -0.1) is 15.3 Å². The van der Waals surface area contributed by atoms with Crippen LogP contribution in [0.1, 0.15) is 27.7 Å². The van der Waals surface area contributed by atoms with Gasteiger partial charge in [0, 0.05) is 0 Å². The highest BCUT2D eigenvalue weighted by Crippen LogP contribution is 2.52. The average molecular weight is 462 g/mol. The lowest BCUT2D eigenvalue weighted by molar-refractivity contribution is 0.954. The van der Waals surface area contributed by atoms with E-state index < -0.39 is 9.66 Å². The molecule has 0 aromatic rings. The molecule has 0 saturated heterocycles. The summed E-state index contributed by atoms with van der Waals surface area (Å²) in [5.41, 5.74) is 1.45. The molecule has 0 rings (SSSR count). The molecule has 0 nitrogen and oxygen atoms in total. The van der Waals surface area contributed by atoms with Gasteiger partial charge in [0.05, 0.1) is 0 Å². The molecule has 0 radical (unpaired) electrons. The highest BCUT2D eigenvalue weighted by atomic mass is 80.0. The van der Waals surface area contributed by atoms with E-state index in [1.807, 2.05) is 0 Å². The van der Waals surface area contributed by atoms with Gasteiger partial charge in [0.1, 0.15) is 0 Å². The molecule has 0 saturated carbocycles. The first kappa shape index (κ1) is 14.4. The van der Waals surface area contributed by atoms with Crippen LogP contribution in [0.5, 0.6) is 0 Å². The van der Waals surface area contributed by atoms with Crippen LogP contribution in [0.15, 0.2) is 0 Å². The Bertz CT molecular complexity index is 144. The molecule has 6 heteroatoms. The summed E-state index contributed by atoms with van der Waals surface area (Å²) >= 11 is 15.4. The van der Waals surface area contributed by atoms with Crippen molar-refractivity contribution in [1.29, 1.82) is 0 Å². The van der Waals surface area contributed by atoms with Crippen LogP contribution >= 0.6 is 61.2 Å². The first-order chi connectivity index (χ1) is 5.14. The maximum Gasteiger partial charge on any atom is 0.267 e. The van der Waals surface area contributed by atoms with Gasteiger partial charge in [0.2, 0.25) is 0 Å². The Kier molecular flexibility index (Phi) is 5.88. The van der Waals surface area contributed by atoms with E-state index in [1.54, 1.807) is 0 Å². The molecule has 0 spiro atoms. The smallest absolute Gasteiger partial charge is 0.126 e. The first-order valence-electron chi connectivity index (χ1n) is 3.89. The molecule has 0 atom stereocenters. The molecule has 74 valence electrons. The van der Waals surface area contributed by atoms with Crippen LogP contribution in [0.4, 0.5) is 0 Å². The average Bonchev–Trinajstić information content (AvgIpc) is 1.82. The topological polar surface area (TPSA) is 0 Å². The summed E-state index contributed by atoms with van der Waals surface area (Å²) in [6, 6.07) is 0. The Balaban J connectivity index is 4.89. The Morgan fingerprint density at radius 3 is 1.00 bits per heavy atom. The summed E-state index contributed by atoms with van der Waals surface area (Å²) in [6.45, 7) is 9.19. The van der Waals surface area contributed by atoms with E-state index in [9.17, 15) is 0 Å². The van der Waals surface area contributed by atoms with Crippen LogP contribution in [-0.2, 0) is 0 Å². The third-order valence-electron chi connectivity index (χ3n) is 2.11. The maximum atomic E-state index is 3.99. The van der Waals surface area contributed by atoms with E-state index in [1.165, 1.54) is 0 Å². The molecule has 0 aromatic heterocycles. The Labute approximate surface area is 108 Å². The molecular formula is C6H14Br4Si2. The van der Waals surface area contributed by atoms with Gasteiger partial charge in [-0.1, -0.05) is 73.6 Å². The Morgan fingerprint density at radius 1 is 0.750 bits per heavy atom. The molecule has 0 unspecified atom stereocenters. The fourth-order valence-electron chi connectivity index (χ4n) is 1.32. The van der Waals surface area contributed by atoms with Gasteiger partial charge in [-0.3, -0.25) is 0 Å². The van der Waals surface area contributed by atoms with Crippen molar-refractivity contribution in [3.63, 3.8) is 0 Å². The zero-order valence-corrected chi connectivity index (χ0v) is 16.0. The van der Waals surface area contributed by atoms with Gasteiger partial charge in [0.15, 0.2) is 6.21 Å². The van der Waals surface area contributed by atoms with Crippen molar-refractivity contribution >= 4 is 70.8 Å². The van der Waals surface area contributed by atoms with E-state index in [4.69, 9.17) is 0 Å². The quantitative estimate of drug-likeness (QED) is 0.392. The van der Waals surface area contributed by atoms with Gasteiger partial charge >= 0.3 is 0 Å². The lowest BCUT2D eigenvalue weighted by atomic mass is 10.5. The lowest BCUT2D eigenvalue weighted by Gasteiger charge is -2.38. The summed E-state index contributed by atoms with van der Waals surface area (Å²) in [4.78, 5) is 0. The largest absolute Gasteiger partial charge is 0.267 e. The van der Waals surface area contributed by atoms with E-state index in [2.05, 4.69) is 88.9 Å². The molecule has 0 fully saturated rings. The number of hydrogen-bond donors (Lipinski definition) is 0. The molecule has 0 aliphatic heterocycles. The van der Waals surface area contributed by atoms with Crippen LogP contribution in [0.2, 0.25) is 11.1 Å². The van der Waals surface area contributed by atoms with E-state index in [0.29, 0.717) is 0 Å². The predicted molar refractivity (Wildman–Crippen MR) is 77.4 cm³/mol. The van der Waals surface area contributed by atoms with E-state index in [-0.39, 0.29) is 0 Å². The summed E-state index contributed by atoms with van der Waals surface area (Å²) in [5, 5.41) is 0. The molecule has 0 amide bonds. The SMILES string of the molecule is CC(C)[Si](Br)(C(C)C)[Si](Br)(Br)Br. The molecule has 0 aliphatic rings.